The zero-order valence-electron chi connectivity index (χ0n) is 13.5. The first kappa shape index (κ1) is 19.4. The average Bonchev–Trinajstić information content (AvgIpc) is 2.51. The molecule has 0 saturated carbocycles. The highest BCUT2D eigenvalue weighted by Gasteiger charge is 2.28. The van der Waals surface area contributed by atoms with Crippen LogP contribution >= 0.6 is 0 Å². The summed E-state index contributed by atoms with van der Waals surface area (Å²) in [5.74, 6) is -2.65. The van der Waals surface area contributed by atoms with Crippen LogP contribution < -0.4 is 5.32 Å². The van der Waals surface area contributed by atoms with Crippen molar-refractivity contribution in [3.05, 3.63) is 35.9 Å². The number of carboxylic acids is 2. The van der Waals surface area contributed by atoms with Gasteiger partial charge in [-0.1, -0.05) is 30.3 Å². The topological polar surface area (TPSA) is 127 Å². The minimum absolute atomic E-state index is 0.0926. The third-order valence-electron chi connectivity index (χ3n) is 3.42. The number of urea groups is 1. The van der Waals surface area contributed by atoms with Crippen LogP contribution in [-0.2, 0) is 16.0 Å². The molecule has 0 aromatic heterocycles. The maximum Gasteiger partial charge on any atom is 0.334 e. The van der Waals surface area contributed by atoms with Crippen LogP contribution in [-0.4, -0.2) is 62.9 Å². The number of carbonyl (C=O) groups is 3. The van der Waals surface area contributed by atoms with E-state index in [1.54, 1.807) is 44.2 Å². The standard InChI is InChI=1S/C16H22N2O6/c1-10(2)18(9-13(19)15(22)23)16(24)17-12(14(20)21)8-11-6-4-3-5-7-11/h3-7,10,12-13,19H,8-9H2,1-2H3,(H,17,24)(H,20,21)(H,22,23)/t12-,13-/m0/s1. The number of aliphatic carboxylic acids is 2. The Morgan fingerprint density at radius 3 is 2.12 bits per heavy atom. The van der Waals surface area contributed by atoms with E-state index in [9.17, 15) is 24.6 Å². The third kappa shape index (κ3) is 5.88. The van der Waals surface area contributed by atoms with Gasteiger partial charge in [-0.2, -0.15) is 0 Å². The lowest BCUT2D eigenvalue weighted by Crippen LogP contribution is -2.53. The van der Waals surface area contributed by atoms with E-state index < -0.39 is 42.7 Å². The molecular formula is C16H22N2O6. The third-order valence-corrected chi connectivity index (χ3v) is 3.42. The molecule has 0 fully saturated rings. The van der Waals surface area contributed by atoms with Crippen molar-refractivity contribution >= 4 is 18.0 Å². The lowest BCUT2D eigenvalue weighted by molar-refractivity contribution is -0.147. The molecule has 0 heterocycles. The highest BCUT2D eigenvalue weighted by atomic mass is 16.4. The number of nitrogens with one attached hydrogen (secondary N) is 1. The van der Waals surface area contributed by atoms with Crippen molar-refractivity contribution in [3.63, 3.8) is 0 Å². The number of benzene rings is 1. The van der Waals surface area contributed by atoms with E-state index in [4.69, 9.17) is 5.11 Å². The van der Waals surface area contributed by atoms with Gasteiger partial charge in [-0.25, -0.2) is 14.4 Å². The van der Waals surface area contributed by atoms with Crippen molar-refractivity contribution in [3.8, 4) is 0 Å². The summed E-state index contributed by atoms with van der Waals surface area (Å²) in [6, 6.07) is 6.50. The Bertz CT molecular complexity index is 575. The molecule has 0 aliphatic heterocycles. The maximum atomic E-state index is 12.3. The normalized spacial score (nSPS) is 13.2. The highest BCUT2D eigenvalue weighted by Crippen LogP contribution is 2.06. The number of aliphatic hydroxyl groups excluding tert-OH is 1. The van der Waals surface area contributed by atoms with Gasteiger partial charge in [-0.15, -0.1) is 0 Å². The number of carbonyl (C=O) groups excluding carboxylic acids is 1. The van der Waals surface area contributed by atoms with Gasteiger partial charge in [0.25, 0.3) is 0 Å². The summed E-state index contributed by atoms with van der Waals surface area (Å²) >= 11 is 0. The smallest absolute Gasteiger partial charge is 0.334 e. The van der Waals surface area contributed by atoms with Crippen molar-refractivity contribution in [1.82, 2.24) is 10.2 Å². The monoisotopic (exact) mass is 338 g/mol. The van der Waals surface area contributed by atoms with E-state index in [1.165, 1.54) is 0 Å². The highest BCUT2D eigenvalue weighted by molar-refractivity contribution is 5.83. The molecule has 0 saturated heterocycles. The van der Waals surface area contributed by atoms with Gasteiger partial charge in [0.1, 0.15) is 6.04 Å². The lowest BCUT2D eigenvalue weighted by Gasteiger charge is -2.29. The van der Waals surface area contributed by atoms with Crippen LogP contribution in [0.3, 0.4) is 0 Å². The Kier molecular flexibility index (Phi) is 7.19. The fourth-order valence-corrected chi connectivity index (χ4v) is 2.07. The molecular weight excluding hydrogens is 316 g/mol. The largest absolute Gasteiger partial charge is 0.480 e. The van der Waals surface area contributed by atoms with Crippen molar-refractivity contribution in [2.75, 3.05) is 6.54 Å². The molecule has 2 atom stereocenters. The van der Waals surface area contributed by atoms with Crippen LogP contribution in [0.4, 0.5) is 4.79 Å². The molecule has 0 aliphatic carbocycles. The maximum absolute atomic E-state index is 12.3. The number of hydrogen-bond acceptors (Lipinski definition) is 4. The molecule has 1 rings (SSSR count). The number of aliphatic hydroxyl groups is 1. The zero-order chi connectivity index (χ0) is 18.3. The molecule has 8 nitrogen and oxygen atoms in total. The number of amides is 2. The zero-order valence-corrected chi connectivity index (χ0v) is 13.5. The Hall–Kier alpha value is -2.61. The van der Waals surface area contributed by atoms with E-state index in [0.717, 1.165) is 10.5 Å². The van der Waals surface area contributed by atoms with E-state index in [-0.39, 0.29) is 6.42 Å². The first-order chi connectivity index (χ1) is 11.2. The van der Waals surface area contributed by atoms with E-state index in [0.29, 0.717) is 0 Å². The average molecular weight is 338 g/mol. The summed E-state index contributed by atoms with van der Waals surface area (Å²) in [5, 5.41) is 29.9. The second kappa shape index (κ2) is 8.88. The van der Waals surface area contributed by atoms with Gasteiger partial charge in [-0.05, 0) is 19.4 Å². The minimum atomic E-state index is -1.74. The summed E-state index contributed by atoms with van der Waals surface area (Å²) in [6.07, 6.45) is -1.65. The van der Waals surface area contributed by atoms with Crippen LogP contribution in [0.5, 0.6) is 0 Å². The lowest BCUT2D eigenvalue weighted by atomic mass is 10.1. The summed E-state index contributed by atoms with van der Waals surface area (Å²) in [6.45, 7) is 2.85. The Balaban J connectivity index is 2.81. The first-order valence-corrected chi connectivity index (χ1v) is 7.47. The molecule has 0 bridgehead atoms. The molecule has 132 valence electrons. The summed E-state index contributed by atoms with van der Waals surface area (Å²) in [7, 11) is 0. The van der Waals surface area contributed by atoms with Crippen LogP contribution in [0.2, 0.25) is 0 Å². The second-order valence-corrected chi connectivity index (χ2v) is 5.63. The van der Waals surface area contributed by atoms with E-state index >= 15 is 0 Å². The molecule has 0 spiro atoms. The van der Waals surface area contributed by atoms with E-state index in [2.05, 4.69) is 5.32 Å². The van der Waals surface area contributed by atoms with E-state index in [1.807, 2.05) is 0 Å². The van der Waals surface area contributed by atoms with Crippen molar-refractivity contribution < 1.29 is 29.7 Å². The Morgan fingerprint density at radius 1 is 1.08 bits per heavy atom. The molecule has 0 aliphatic rings. The minimum Gasteiger partial charge on any atom is -0.480 e. The predicted molar refractivity (Wildman–Crippen MR) is 85.6 cm³/mol. The molecule has 1 aromatic rings. The van der Waals surface area contributed by atoms with Gasteiger partial charge >= 0.3 is 18.0 Å². The summed E-state index contributed by atoms with van der Waals surface area (Å²) in [4.78, 5) is 35.5. The van der Waals surface area contributed by atoms with Gasteiger partial charge in [-0.3, -0.25) is 0 Å². The van der Waals surface area contributed by atoms with Crippen molar-refractivity contribution in [2.45, 2.75) is 38.5 Å². The molecule has 8 heteroatoms. The van der Waals surface area contributed by atoms with Crippen LogP contribution in [0, 0.1) is 0 Å². The summed E-state index contributed by atoms with van der Waals surface area (Å²) in [5.41, 5.74) is 0.742. The fourth-order valence-electron chi connectivity index (χ4n) is 2.07. The van der Waals surface area contributed by atoms with Gasteiger partial charge in [0.2, 0.25) is 0 Å². The summed E-state index contributed by atoms with van der Waals surface area (Å²) < 4.78 is 0. The molecule has 0 radical (unpaired) electrons. The number of rotatable bonds is 8. The van der Waals surface area contributed by atoms with Crippen molar-refractivity contribution in [2.24, 2.45) is 0 Å². The first-order valence-electron chi connectivity index (χ1n) is 7.47. The Labute approximate surface area is 139 Å². The SMILES string of the molecule is CC(C)N(C[C@H](O)C(=O)O)C(=O)N[C@@H](Cc1ccccc1)C(=O)O. The molecule has 0 unspecified atom stereocenters. The second-order valence-electron chi connectivity index (χ2n) is 5.63. The van der Waals surface area contributed by atoms with Crippen LogP contribution in [0.25, 0.3) is 0 Å². The molecule has 2 amide bonds. The van der Waals surface area contributed by atoms with Crippen molar-refractivity contribution in [1.29, 1.82) is 0 Å². The molecule has 24 heavy (non-hydrogen) atoms. The fraction of sp³-hybridized carbons (Fsp3) is 0.438. The number of carboxylic acid groups (broad SMARTS) is 2. The number of nitrogens with zero attached hydrogens (tertiary/aromatic N) is 1. The molecule has 4 N–H and O–H groups in total. The van der Waals surface area contributed by atoms with Gasteiger partial charge in [0, 0.05) is 12.5 Å². The predicted octanol–water partition coefficient (Wildman–Crippen LogP) is 0.548. The number of hydrogen-bond donors (Lipinski definition) is 4. The Morgan fingerprint density at radius 2 is 1.67 bits per heavy atom. The van der Waals surface area contributed by atoms with Gasteiger partial charge < -0.3 is 25.5 Å². The molecule has 1 aromatic carbocycles. The van der Waals surface area contributed by atoms with Gasteiger partial charge in [0.15, 0.2) is 6.10 Å². The quantitative estimate of drug-likeness (QED) is 0.548. The van der Waals surface area contributed by atoms with Gasteiger partial charge in [0.05, 0.1) is 6.54 Å². The van der Waals surface area contributed by atoms with Crippen LogP contribution in [0.1, 0.15) is 19.4 Å². The van der Waals surface area contributed by atoms with Crippen LogP contribution in [0.15, 0.2) is 30.3 Å².